The molecule has 2 rings (SSSR count). The highest BCUT2D eigenvalue weighted by Gasteiger charge is 2.37. The molecule has 1 aliphatic heterocycles. The van der Waals surface area contributed by atoms with Gasteiger partial charge >= 0.3 is 0 Å². The molecule has 4 nitrogen and oxygen atoms in total. The van der Waals surface area contributed by atoms with E-state index in [4.69, 9.17) is 4.74 Å². The third-order valence-electron chi connectivity index (χ3n) is 3.09. The molecule has 4 heteroatoms. The van der Waals surface area contributed by atoms with Gasteiger partial charge in [-0.15, -0.1) is 5.10 Å². The SMILES string of the molecule is Cc1cnnc(NC2(C)CCOC2C)c1. The molecule has 1 N–H and O–H groups in total. The highest BCUT2D eigenvalue weighted by atomic mass is 16.5. The Labute approximate surface area is 90.1 Å². The highest BCUT2D eigenvalue weighted by Crippen LogP contribution is 2.28. The molecule has 2 heterocycles. The first-order valence-corrected chi connectivity index (χ1v) is 5.29. The number of hydrogen-bond acceptors (Lipinski definition) is 4. The van der Waals surface area contributed by atoms with Crippen LogP contribution in [0.5, 0.6) is 0 Å². The molecule has 15 heavy (non-hydrogen) atoms. The quantitative estimate of drug-likeness (QED) is 0.802. The average Bonchev–Trinajstić information content (AvgIpc) is 2.47. The Morgan fingerprint density at radius 3 is 3.00 bits per heavy atom. The van der Waals surface area contributed by atoms with E-state index in [1.165, 1.54) is 0 Å². The van der Waals surface area contributed by atoms with Crippen molar-refractivity contribution in [1.29, 1.82) is 0 Å². The zero-order chi connectivity index (χ0) is 10.9. The summed E-state index contributed by atoms with van der Waals surface area (Å²) in [6, 6.07) is 2.00. The molecule has 0 saturated carbocycles. The number of ether oxygens (including phenoxy) is 1. The van der Waals surface area contributed by atoms with Gasteiger partial charge in [0, 0.05) is 6.61 Å². The second-order valence-corrected chi connectivity index (χ2v) is 4.42. The fourth-order valence-electron chi connectivity index (χ4n) is 1.82. The number of aryl methyl sites for hydroxylation is 1. The predicted molar refractivity (Wildman–Crippen MR) is 58.8 cm³/mol. The molecule has 0 aliphatic carbocycles. The van der Waals surface area contributed by atoms with Crippen molar-refractivity contribution in [1.82, 2.24) is 10.2 Å². The molecule has 2 unspecified atom stereocenters. The lowest BCUT2D eigenvalue weighted by atomic mass is 9.95. The summed E-state index contributed by atoms with van der Waals surface area (Å²) in [5.74, 6) is 0.829. The van der Waals surface area contributed by atoms with Crippen LogP contribution >= 0.6 is 0 Å². The van der Waals surface area contributed by atoms with Gasteiger partial charge in [0.25, 0.3) is 0 Å². The lowest BCUT2D eigenvalue weighted by Gasteiger charge is -2.29. The minimum Gasteiger partial charge on any atom is -0.376 e. The van der Waals surface area contributed by atoms with Crippen LogP contribution in [0.25, 0.3) is 0 Å². The Kier molecular flexibility index (Phi) is 2.61. The van der Waals surface area contributed by atoms with Crippen molar-refractivity contribution in [3.05, 3.63) is 17.8 Å². The lowest BCUT2D eigenvalue weighted by molar-refractivity contribution is 0.105. The number of rotatable bonds is 2. The van der Waals surface area contributed by atoms with Crippen LogP contribution in [0.2, 0.25) is 0 Å². The highest BCUT2D eigenvalue weighted by molar-refractivity contribution is 5.39. The first-order valence-electron chi connectivity index (χ1n) is 5.29. The molecule has 0 bridgehead atoms. The topological polar surface area (TPSA) is 47.0 Å². The van der Waals surface area contributed by atoms with Gasteiger partial charge in [0.2, 0.25) is 0 Å². The Balaban J connectivity index is 2.14. The van der Waals surface area contributed by atoms with Gasteiger partial charge in [-0.25, -0.2) is 0 Å². The maximum absolute atomic E-state index is 5.56. The van der Waals surface area contributed by atoms with Crippen molar-refractivity contribution >= 4 is 5.82 Å². The minimum atomic E-state index is -0.0253. The summed E-state index contributed by atoms with van der Waals surface area (Å²) in [6.07, 6.45) is 2.96. The maximum Gasteiger partial charge on any atom is 0.149 e. The van der Waals surface area contributed by atoms with Gasteiger partial charge in [-0.05, 0) is 38.8 Å². The molecule has 1 saturated heterocycles. The summed E-state index contributed by atoms with van der Waals surface area (Å²) in [5, 5.41) is 11.4. The molecule has 1 aliphatic rings. The van der Waals surface area contributed by atoms with Gasteiger partial charge in [0.1, 0.15) is 5.82 Å². The van der Waals surface area contributed by atoms with Gasteiger partial charge in [-0.3, -0.25) is 0 Å². The van der Waals surface area contributed by atoms with Crippen molar-refractivity contribution in [2.45, 2.75) is 38.8 Å². The zero-order valence-electron chi connectivity index (χ0n) is 9.45. The van der Waals surface area contributed by atoms with Gasteiger partial charge < -0.3 is 10.1 Å². The monoisotopic (exact) mass is 207 g/mol. The largest absolute Gasteiger partial charge is 0.376 e. The first-order chi connectivity index (χ1) is 7.10. The van der Waals surface area contributed by atoms with E-state index in [-0.39, 0.29) is 11.6 Å². The summed E-state index contributed by atoms with van der Waals surface area (Å²) in [5.41, 5.74) is 1.09. The van der Waals surface area contributed by atoms with E-state index in [1.54, 1.807) is 6.20 Å². The van der Waals surface area contributed by atoms with Crippen LogP contribution in [0.3, 0.4) is 0 Å². The van der Waals surface area contributed by atoms with E-state index in [2.05, 4.69) is 29.4 Å². The van der Waals surface area contributed by atoms with E-state index in [0.29, 0.717) is 0 Å². The molecule has 0 radical (unpaired) electrons. The maximum atomic E-state index is 5.56. The van der Waals surface area contributed by atoms with E-state index in [9.17, 15) is 0 Å². The smallest absolute Gasteiger partial charge is 0.149 e. The fourth-order valence-corrected chi connectivity index (χ4v) is 1.82. The van der Waals surface area contributed by atoms with Crippen LogP contribution in [-0.4, -0.2) is 28.4 Å². The van der Waals surface area contributed by atoms with Crippen LogP contribution < -0.4 is 5.32 Å². The summed E-state index contributed by atoms with van der Waals surface area (Å²) in [6.45, 7) is 7.07. The second-order valence-electron chi connectivity index (χ2n) is 4.42. The third kappa shape index (κ3) is 2.09. The third-order valence-corrected chi connectivity index (χ3v) is 3.09. The van der Waals surface area contributed by atoms with E-state index >= 15 is 0 Å². The number of nitrogens with one attached hydrogen (secondary N) is 1. The van der Waals surface area contributed by atoms with Crippen molar-refractivity contribution in [2.24, 2.45) is 0 Å². The molecule has 2 atom stereocenters. The molecular weight excluding hydrogens is 190 g/mol. The van der Waals surface area contributed by atoms with Gasteiger partial charge in [0.15, 0.2) is 0 Å². The number of nitrogens with zero attached hydrogens (tertiary/aromatic N) is 2. The number of anilines is 1. The van der Waals surface area contributed by atoms with Crippen LogP contribution in [0.15, 0.2) is 12.3 Å². The summed E-state index contributed by atoms with van der Waals surface area (Å²) in [7, 11) is 0. The van der Waals surface area contributed by atoms with E-state index in [0.717, 1.165) is 24.4 Å². The molecule has 0 spiro atoms. The number of hydrogen-bond donors (Lipinski definition) is 1. The molecule has 1 fully saturated rings. The molecule has 1 aromatic heterocycles. The molecule has 82 valence electrons. The molecule has 0 amide bonds. The van der Waals surface area contributed by atoms with Crippen LogP contribution in [0, 0.1) is 6.92 Å². The molecule has 1 aromatic rings. The van der Waals surface area contributed by atoms with Crippen LogP contribution in [0.4, 0.5) is 5.82 Å². The summed E-state index contributed by atoms with van der Waals surface area (Å²) < 4.78 is 5.56. The Bertz CT molecular complexity index is 355. The lowest BCUT2D eigenvalue weighted by Crippen LogP contribution is -2.41. The predicted octanol–water partition coefficient (Wildman–Crippen LogP) is 1.76. The Hall–Kier alpha value is -1.16. The fraction of sp³-hybridized carbons (Fsp3) is 0.636. The zero-order valence-corrected chi connectivity index (χ0v) is 9.45. The van der Waals surface area contributed by atoms with Gasteiger partial charge in [-0.1, -0.05) is 0 Å². The summed E-state index contributed by atoms with van der Waals surface area (Å²) >= 11 is 0. The normalized spacial score (nSPS) is 30.5. The molecular formula is C11H17N3O. The minimum absolute atomic E-state index is 0.0253. The standard InChI is InChI=1S/C11H17N3O/c1-8-6-10(14-12-7-8)13-11(3)4-5-15-9(11)2/h6-7,9H,4-5H2,1-3H3,(H,13,14). The first kappa shape index (κ1) is 10.4. The Morgan fingerprint density at radius 2 is 2.40 bits per heavy atom. The Morgan fingerprint density at radius 1 is 1.60 bits per heavy atom. The number of aromatic nitrogens is 2. The summed E-state index contributed by atoms with van der Waals surface area (Å²) in [4.78, 5) is 0. The van der Waals surface area contributed by atoms with E-state index in [1.807, 2.05) is 13.0 Å². The average molecular weight is 207 g/mol. The van der Waals surface area contributed by atoms with Crippen molar-refractivity contribution < 1.29 is 4.74 Å². The van der Waals surface area contributed by atoms with Gasteiger partial charge in [-0.2, -0.15) is 5.10 Å². The second kappa shape index (κ2) is 3.77. The van der Waals surface area contributed by atoms with Crippen molar-refractivity contribution in [3.8, 4) is 0 Å². The van der Waals surface area contributed by atoms with E-state index < -0.39 is 0 Å². The van der Waals surface area contributed by atoms with Crippen molar-refractivity contribution in [2.75, 3.05) is 11.9 Å². The van der Waals surface area contributed by atoms with Crippen molar-refractivity contribution in [3.63, 3.8) is 0 Å². The van der Waals surface area contributed by atoms with Gasteiger partial charge in [0.05, 0.1) is 17.8 Å². The van der Waals surface area contributed by atoms with Crippen LogP contribution in [-0.2, 0) is 4.74 Å². The van der Waals surface area contributed by atoms with Crippen LogP contribution in [0.1, 0.15) is 25.8 Å². The molecule has 0 aromatic carbocycles.